The summed E-state index contributed by atoms with van der Waals surface area (Å²) >= 11 is 0. The second-order valence-corrected chi connectivity index (χ2v) is 11.2. The molecule has 4 aromatic carbocycles. The maximum Gasteiger partial charge on any atom is 0.265 e. The summed E-state index contributed by atoms with van der Waals surface area (Å²) in [7, 11) is 0. The van der Waals surface area contributed by atoms with Crippen LogP contribution in [0.3, 0.4) is 0 Å². The standard InChI is InChI=1S/C36H38O6/c1-25-19-26(2)31(27(3)20-25)41-36-24-40-35(42-36)33(38-22-29-15-9-5-10-16-29)32(37-21-28-13-7-4-8-14-28)34(36)39-23-30-17-11-6-12-18-30/h4-20,32-35H,21-24H2,1-3H3/t32-,33-,34+,35+,36+/m1/s1. The fourth-order valence-corrected chi connectivity index (χ4v) is 5.83. The number of hydrogen-bond donors (Lipinski definition) is 0. The number of hydrogen-bond acceptors (Lipinski definition) is 6. The van der Waals surface area contributed by atoms with Crippen LogP contribution in [-0.2, 0) is 43.5 Å². The second kappa shape index (κ2) is 12.8. The minimum absolute atomic E-state index is 0.181. The zero-order valence-corrected chi connectivity index (χ0v) is 24.4. The SMILES string of the molecule is Cc1cc(C)c(O[C@@]23CO[C@@H](O2)[C@H](OCc2ccccc2)[C@@H](OCc2ccccc2)[C@@H]3OCc2ccccc2)c(C)c1. The first-order chi connectivity index (χ1) is 20.5. The van der Waals surface area contributed by atoms with Gasteiger partial charge in [0, 0.05) is 0 Å². The Morgan fingerprint density at radius 1 is 0.643 bits per heavy atom. The molecule has 2 saturated heterocycles. The maximum atomic E-state index is 6.84. The van der Waals surface area contributed by atoms with Gasteiger partial charge in [0.15, 0.2) is 12.4 Å². The number of rotatable bonds is 11. The van der Waals surface area contributed by atoms with Gasteiger partial charge >= 0.3 is 0 Å². The van der Waals surface area contributed by atoms with Crippen molar-refractivity contribution in [3.63, 3.8) is 0 Å². The van der Waals surface area contributed by atoms with Crippen molar-refractivity contribution in [3.8, 4) is 5.75 Å². The molecule has 0 radical (unpaired) electrons. The third kappa shape index (κ3) is 6.28. The molecule has 2 heterocycles. The van der Waals surface area contributed by atoms with Gasteiger partial charge in [-0.15, -0.1) is 0 Å². The largest absolute Gasteiger partial charge is 0.456 e. The van der Waals surface area contributed by atoms with E-state index in [1.807, 2.05) is 78.9 Å². The molecular weight excluding hydrogens is 528 g/mol. The molecule has 2 bridgehead atoms. The van der Waals surface area contributed by atoms with Crippen LogP contribution in [-0.4, -0.2) is 37.0 Å². The van der Waals surface area contributed by atoms with Gasteiger partial charge in [-0.25, -0.2) is 0 Å². The number of fused-ring (bicyclic) bond motifs is 2. The predicted molar refractivity (Wildman–Crippen MR) is 160 cm³/mol. The van der Waals surface area contributed by atoms with Crippen LogP contribution in [0.2, 0.25) is 0 Å². The van der Waals surface area contributed by atoms with E-state index in [9.17, 15) is 0 Å². The van der Waals surface area contributed by atoms with Gasteiger partial charge in [-0.3, -0.25) is 0 Å². The van der Waals surface area contributed by atoms with Crippen LogP contribution in [0.5, 0.6) is 5.75 Å². The summed E-state index contributed by atoms with van der Waals surface area (Å²) in [6.45, 7) is 7.49. The number of aryl methyl sites for hydroxylation is 3. The Morgan fingerprint density at radius 2 is 1.12 bits per heavy atom. The molecule has 6 heteroatoms. The first kappa shape index (κ1) is 28.6. The minimum Gasteiger partial charge on any atom is -0.456 e. The Bertz CT molecular complexity index is 1420. The van der Waals surface area contributed by atoms with E-state index in [2.05, 4.69) is 45.0 Å². The van der Waals surface area contributed by atoms with Gasteiger partial charge in [0.2, 0.25) is 0 Å². The summed E-state index contributed by atoms with van der Waals surface area (Å²) in [6.07, 6.45) is -2.42. The van der Waals surface area contributed by atoms with Crippen LogP contribution in [0, 0.1) is 20.8 Å². The molecule has 6 nitrogen and oxygen atoms in total. The van der Waals surface area contributed by atoms with Crippen LogP contribution in [0.1, 0.15) is 33.4 Å². The van der Waals surface area contributed by atoms with Gasteiger partial charge in [-0.05, 0) is 48.6 Å². The lowest BCUT2D eigenvalue weighted by Gasteiger charge is -2.46. The van der Waals surface area contributed by atoms with Crippen molar-refractivity contribution < 1.29 is 28.4 Å². The highest BCUT2D eigenvalue weighted by Gasteiger charge is 2.64. The monoisotopic (exact) mass is 566 g/mol. The van der Waals surface area contributed by atoms with Crippen molar-refractivity contribution in [2.24, 2.45) is 0 Å². The molecule has 0 amide bonds. The lowest BCUT2D eigenvalue weighted by atomic mass is 9.96. The lowest BCUT2D eigenvalue weighted by molar-refractivity contribution is -0.336. The average molecular weight is 567 g/mol. The Balaban J connectivity index is 1.35. The topological polar surface area (TPSA) is 55.4 Å². The Labute approximate surface area is 248 Å². The molecule has 42 heavy (non-hydrogen) atoms. The zero-order valence-electron chi connectivity index (χ0n) is 24.4. The summed E-state index contributed by atoms with van der Waals surface area (Å²) in [5.74, 6) is -0.457. The molecule has 0 aliphatic carbocycles. The highest BCUT2D eigenvalue weighted by molar-refractivity contribution is 5.43. The Hall–Kier alpha value is -3.52. The van der Waals surface area contributed by atoms with E-state index in [1.165, 1.54) is 5.56 Å². The van der Waals surface area contributed by atoms with Gasteiger partial charge in [0.25, 0.3) is 5.79 Å². The highest BCUT2D eigenvalue weighted by atomic mass is 16.8. The third-order valence-corrected chi connectivity index (χ3v) is 7.81. The van der Waals surface area contributed by atoms with E-state index in [4.69, 9.17) is 28.4 Å². The van der Waals surface area contributed by atoms with Crippen molar-refractivity contribution in [2.45, 2.75) is 71.0 Å². The van der Waals surface area contributed by atoms with Crippen molar-refractivity contribution in [1.29, 1.82) is 0 Å². The van der Waals surface area contributed by atoms with Gasteiger partial charge in [0.05, 0.1) is 19.8 Å². The summed E-state index contributed by atoms with van der Waals surface area (Å²) in [5.41, 5.74) is 6.38. The van der Waals surface area contributed by atoms with Crippen LogP contribution >= 0.6 is 0 Å². The third-order valence-electron chi connectivity index (χ3n) is 7.81. The molecule has 2 aliphatic heterocycles. The minimum atomic E-state index is -1.22. The van der Waals surface area contributed by atoms with Gasteiger partial charge in [-0.2, -0.15) is 0 Å². The first-order valence-electron chi connectivity index (χ1n) is 14.5. The fourth-order valence-electron chi connectivity index (χ4n) is 5.83. The number of ether oxygens (including phenoxy) is 6. The molecule has 4 aromatic rings. The molecule has 0 aromatic heterocycles. The Morgan fingerprint density at radius 3 is 1.64 bits per heavy atom. The van der Waals surface area contributed by atoms with Gasteiger partial charge in [-0.1, -0.05) is 109 Å². The molecule has 0 saturated carbocycles. The quantitative estimate of drug-likeness (QED) is 0.198. The summed E-state index contributed by atoms with van der Waals surface area (Å²) in [4.78, 5) is 0. The molecule has 5 atom stereocenters. The normalized spacial score (nSPS) is 24.9. The van der Waals surface area contributed by atoms with Crippen molar-refractivity contribution in [1.82, 2.24) is 0 Å². The molecule has 6 rings (SSSR count). The molecular formula is C36H38O6. The molecule has 0 spiro atoms. The van der Waals surface area contributed by atoms with Gasteiger partial charge in [0.1, 0.15) is 24.6 Å². The van der Waals surface area contributed by atoms with E-state index in [1.54, 1.807) is 0 Å². The summed E-state index contributed by atoms with van der Waals surface area (Å²) in [6, 6.07) is 34.5. The van der Waals surface area contributed by atoms with Crippen molar-refractivity contribution in [2.75, 3.05) is 6.61 Å². The van der Waals surface area contributed by atoms with Crippen molar-refractivity contribution in [3.05, 3.63) is 137 Å². The average Bonchev–Trinajstić information content (AvgIpc) is 3.39. The first-order valence-corrected chi connectivity index (χ1v) is 14.5. The van der Waals surface area contributed by atoms with E-state index in [0.29, 0.717) is 19.8 Å². The smallest absolute Gasteiger partial charge is 0.265 e. The van der Waals surface area contributed by atoms with E-state index < -0.39 is 30.4 Å². The molecule has 218 valence electrons. The van der Waals surface area contributed by atoms with E-state index in [-0.39, 0.29) is 6.61 Å². The molecule has 2 fully saturated rings. The van der Waals surface area contributed by atoms with E-state index in [0.717, 1.165) is 33.6 Å². The van der Waals surface area contributed by atoms with Gasteiger partial charge < -0.3 is 28.4 Å². The van der Waals surface area contributed by atoms with Crippen molar-refractivity contribution >= 4 is 0 Å². The fraction of sp³-hybridized carbons (Fsp3) is 0.333. The zero-order chi connectivity index (χ0) is 28.9. The van der Waals surface area contributed by atoms with E-state index >= 15 is 0 Å². The number of benzene rings is 4. The second-order valence-electron chi connectivity index (χ2n) is 11.2. The van der Waals surface area contributed by atoms with Crippen LogP contribution in [0.15, 0.2) is 103 Å². The van der Waals surface area contributed by atoms with Crippen LogP contribution in [0.25, 0.3) is 0 Å². The Kier molecular flexibility index (Phi) is 8.70. The molecule has 0 N–H and O–H groups in total. The highest BCUT2D eigenvalue weighted by Crippen LogP contribution is 2.44. The summed E-state index contributed by atoms with van der Waals surface area (Å²) in [5, 5.41) is 0. The predicted octanol–water partition coefficient (Wildman–Crippen LogP) is 6.83. The molecule has 0 unspecified atom stereocenters. The summed E-state index contributed by atoms with van der Waals surface area (Å²) < 4.78 is 39.7. The lowest BCUT2D eigenvalue weighted by Crippen LogP contribution is -2.65. The van der Waals surface area contributed by atoms with Crippen LogP contribution < -0.4 is 4.74 Å². The van der Waals surface area contributed by atoms with Crippen LogP contribution in [0.4, 0.5) is 0 Å². The molecule has 2 aliphatic rings. The maximum absolute atomic E-state index is 6.84.